The van der Waals surface area contributed by atoms with Crippen LogP contribution in [0.3, 0.4) is 0 Å². The Balaban J connectivity index is 3.21. The van der Waals surface area contributed by atoms with E-state index in [1.54, 1.807) is 22.6 Å². The second kappa shape index (κ2) is 4.43. The van der Waals surface area contributed by atoms with Gasteiger partial charge in [0.2, 0.25) is 5.75 Å². The third-order valence-electron chi connectivity index (χ3n) is 1.71. The van der Waals surface area contributed by atoms with Gasteiger partial charge in [0.05, 0.1) is 14.9 Å². The predicted molar refractivity (Wildman–Crippen MR) is 58.8 cm³/mol. The molecule has 1 aromatic rings. The molecule has 15 heavy (non-hydrogen) atoms. The molecule has 0 aliphatic heterocycles. The Labute approximate surface area is 97.8 Å². The van der Waals surface area contributed by atoms with Crippen molar-refractivity contribution in [3.05, 3.63) is 31.4 Å². The molecule has 0 atom stereocenters. The molecule has 0 aliphatic rings. The molecule has 6 nitrogen and oxygen atoms in total. The zero-order chi connectivity index (χ0) is 11.6. The molecule has 0 heterocycles. The van der Waals surface area contributed by atoms with Crippen LogP contribution < -0.4 is 0 Å². The van der Waals surface area contributed by atoms with E-state index in [0.717, 1.165) is 6.07 Å². The minimum absolute atomic E-state index is 0.198. The number of hydrogen-bond acceptors (Lipinski definition) is 4. The molecule has 0 unspecified atom stereocenters. The van der Waals surface area contributed by atoms with Gasteiger partial charge in [-0.1, -0.05) is 6.07 Å². The zero-order valence-electron chi connectivity index (χ0n) is 7.31. The van der Waals surface area contributed by atoms with E-state index in [9.17, 15) is 20.0 Å². The van der Waals surface area contributed by atoms with E-state index in [-0.39, 0.29) is 9.99 Å². The number of rotatable bonds is 3. The number of benzene rings is 1. The Morgan fingerprint density at radius 3 is 2.60 bits per heavy atom. The summed E-state index contributed by atoms with van der Waals surface area (Å²) in [7, 11) is 0. The topological polar surface area (TPSA) is 101 Å². The third kappa shape index (κ3) is 2.55. The average molecular weight is 323 g/mol. The first-order valence-corrected chi connectivity index (χ1v) is 4.88. The van der Waals surface area contributed by atoms with Crippen molar-refractivity contribution in [3.8, 4) is 5.75 Å². The maximum Gasteiger partial charge on any atom is 0.311 e. The number of phenols is 1. The van der Waals surface area contributed by atoms with Gasteiger partial charge in [0.1, 0.15) is 0 Å². The van der Waals surface area contributed by atoms with Crippen LogP contribution in [-0.4, -0.2) is 21.1 Å². The summed E-state index contributed by atoms with van der Waals surface area (Å²) in [6, 6.07) is 2.42. The molecule has 0 spiro atoms. The first kappa shape index (κ1) is 11.7. The fraction of sp³-hybridized carbons (Fsp3) is 0.125. The van der Waals surface area contributed by atoms with E-state index in [4.69, 9.17) is 5.11 Å². The molecule has 0 aliphatic carbocycles. The van der Waals surface area contributed by atoms with E-state index in [0.29, 0.717) is 5.56 Å². The van der Waals surface area contributed by atoms with Crippen LogP contribution in [-0.2, 0) is 11.2 Å². The molecule has 0 saturated carbocycles. The van der Waals surface area contributed by atoms with E-state index in [2.05, 4.69) is 0 Å². The summed E-state index contributed by atoms with van der Waals surface area (Å²) >= 11 is 1.68. The molecule has 2 N–H and O–H groups in total. The number of nitro groups is 1. The average Bonchev–Trinajstić information content (AvgIpc) is 2.12. The van der Waals surface area contributed by atoms with Gasteiger partial charge in [-0.15, -0.1) is 0 Å². The first-order chi connectivity index (χ1) is 6.93. The van der Waals surface area contributed by atoms with Crippen LogP contribution in [0.15, 0.2) is 12.1 Å². The van der Waals surface area contributed by atoms with Gasteiger partial charge in [-0.25, -0.2) is 0 Å². The minimum Gasteiger partial charge on any atom is -0.501 e. The van der Waals surface area contributed by atoms with E-state index in [1.165, 1.54) is 6.07 Å². The van der Waals surface area contributed by atoms with E-state index < -0.39 is 22.3 Å². The molecule has 80 valence electrons. The molecule has 1 aromatic carbocycles. The third-order valence-corrected chi connectivity index (χ3v) is 2.92. The summed E-state index contributed by atoms with van der Waals surface area (Å²) in [6.45, 7) is 0. The quantitative estimate of drug-likeness (QED) is 0.499. The molecule has 0 radical (unpaired) electrons. The van der Waals surface area contributed by atoms with Crippen molar-refractivity contribution in [2.45, 2.75) is 6.42 Å². The number of nitrogens with zero attached hydrogens (tertiary/aromatic N) is 1. The number of carbonyl (C=O) groups is 1. The summed E-state index contributed by atoms with van der Waals surface area (Å²) in [5.74, 6) is -1.54. The van der Waals surface area contributed by atoms with Gasteiger partial charge in [-0.2, -0.15) is 0 Å². The van der Waals surface area contributed by atoms with Gasteiger partial charge in [0.15, 0.2) is 0 Å². The molecular formula is C8H6INO5. The monoisotopic (exact) mass is 323 g/mol. The Morgan fingerprint density at radius 1 is 1.53 bits per heavy atom. The van der Waals surface area contributed by atoms with Crippen molar-refractivity contribution >= 4 is 34.2 Å². The lowest BCUT2D eigenvalue weighted by molar-refractivity contribution is -0.386. The number of aliphatic carboxylic acids is 1. The van der Waals surface area contributed by atoms with Crippen molar-refractivity contribution in [1.29, 1.82) is 0 Å². The molecule has 0 saturated heterocycles. The van der Waals surface area contributed by atoms with Crippen LogP contribution in [0.25, 0.3) is 0 Å². The van der Waals surface area contributed by atoms with Crippen molar-refractivity contribution in [3.63, 3.8) is 0 Å². The number of halogens is 1. The van der Waals surface area contributed by atoms with Crippen LogP contribution in [0.5, 0.6) is 5.75 Å². The van der Waals surface area contributed by atoms with Gasteiger partial charge in [0, 0.05) is 6.07 Å². The second-order valence-corrected chi connectivity index (χ2v) is 3.81. The lowest BCUT2D eigenvalue weighted by Crippen LogP contribution is -2.03. The normalized spacial score (nSPS) is 9.93. The standard InChI is InChI=1S/C8H6INO5/c9-7-4(3-6(11)12)1-2-5(8(7)13)10(14)15/h1-2,13H,3H2,(H,11,12). The van der Waals surface area contributed by atoms with Crippen molar-refractivity contribution in [2.75, 3.05) is 0 Å². The number of carboxylic acid groups (broad SMARTS) is 1. The predicted octanol–water partition coefficient (Wildman–Crippen LogP) is 1.53. The molecule has 7 heteroatoms. The highest BCUT2D eigenvalue weighted by atomic mass is 127. The van der Waals surface area contributed by atoms with E-state index >= 15 is 0 Å². The van der Waals surface area contributed by atoms with Crippen LogP contribution in [0, 0.1) is 13.7 Å². The van der Waals surface area contributed by atoms with Crippen molar-refractivity contribution in [2.24, 2.45) is 0 Å². The van der Waals surface area contributed by atoms with Crippen LogP contribution in [0.2, 0.25) is 0 Å². The molecule has 0 bridgehead atoms. The minimum atomic E-state index is -1.05. The van der Waals surface area contributed by atoms with E-state index in [1.807, 2.05) is 0 Å². The SMILES string of the molecule is O=C(O)Cc1ccc([N+](=O)[O-])c(O)c1I. The number of nitro benzene ring substituents is 1. The van der Waals surface area contributed by atoms with Gasteiger partial charge < -0.3 is 10.2 Å². The Bertz CT molecular complexity index is 431. The van der Waals surface area contributed by atoms with Gasteiger partial charge in [-0.05, 0) is 28.2 Å². The largest absolute Gasteiger partial charge is 0.501 e. The molecule has 0 amide bonds. The number of hydrogen-bond donors (Lipinski definition) is 2. The molecule has 1 rings (SSSR count). The fourth-order valence-electron chi connectivity index (χ4n) is 1.04. The summed E-state index contributed by atoms with van der Waals surface area (Å²) in [5.41, 5.74) is -0.0697. The van der Waals surface area contributed by atoms with Crippen LogP contribution in [0.4, 0.5) is 5.69 Å². The highest BCUT2D eigenvalue weighted by molar-refractivity contribution is 14.1. The highest BCUT2D eigenvalue weighted by Crippen LogP contribution is 2.33. The Hall–Kier alpha value is -1.38. The molecule has 0 aromatic heterocycles. The molecule has 0 fully saturated rings. The number of phenolic OH excluding ortho intramolecular Hbond substituents is 1. The fourth-order valence-corrected chi connectivity index (χ4v) is 1.69. The maximum absolute atomic E-state index is 10.4. The van der Waals surface area contributed by atoms with Gasteiger partial charge in [0.25, 0.3) is 0 Å². The van der Waals surface area contributed by atoms with Crippen molar-refractivity contribution < 1.29 is 19.9 Å². The summed E-state index contributed by atoms with van der Waals surface area (Å²) in [5, 5.41) is 28.4. The summed E-state index contributed by atoms with van der Waals surface area (Å²) < 4.78 is 0.198. The second-order valence-electron chi connectivity index (χ2n) is 2.73. The highest BCUT2D eigenvalue weighted by Gasteiger charge is 2.19. The van der Waals surface area contributed by atoms with Gasteiger partial charge >= 0.3 is 11.7 Å². The summed E-state index contributed by atoms with van der Waals surface area (Å²) in [6.07, 6.45) is -0.274. The van der Waals surface area contributed by atoms with Gasteiger partial charge in [-0.3, -0.25) is 14.9 Å². The molecular weight excluding hydrogens is 317 g/mol. The Kier molecular flexibility index (Phi) is 3.45. The lowest BCUT2D eigenvalue weighted by atomic mass is 10.1. The zero-order valence-corrected chi connectivity index (χ0v) is 9.46. The first-order valence-electron chi connectivity index (χ1n) is 3.80. The van der Waals surface area contributed by atoms with Crippen LogP contribution >= 0.6 is 22.6 Å². The Morgan fingerprint density at radius 2 is 2.13 bits per heavy atom. The summed E-state index contributed by atoms with van der Waals surface area (Å²) in [4.78, 5) is 20.1. The lowest BCUT2D eigenvalue weighted by Gasteiger charge is -2.03. The maximum atomic E-state index is 10.4. The number of carboxylic acids is 1. The number of aromatic hydroxyl groups is 1. The van der Waals surface area contributed by atoms with Crippen LogP contribution in [0.1, 0.15) is 5.56 Å². The smallest absolute Gasteiger partial charge is 0.311 e. The van der Waals surface area contributed by atoms with Crippen molar-refractivity contribution in [1.82, 2.24) is 0 Å².